The van der Waals surface area contributed by atoms with Crippen molar-refractivity contribution in [1.29, 1.82) is 0 Å². The third-order valence-electron chi connectivity index (χ3n) is 4.25. The van der Waals surface area contributed by atoms with E-state index in [0.29, 0.717) is 0 Å². The fraction of sp³-hybridized carbons (Fsp3) is 0.733. The maximum atomic E-state index is 12.1. The first-order valence-corrected chi connectivity index (χ1v) is 7.15. The van der Waals surface area contributed by atoms with Crippen LogP contribution in [0.25, 0.3) is 0 Å². The van der Waals surface area contributed by atoms with Gasteiger partial charge in [-0.2, -0.15) is 5.10 Å². The summed E-state index contributed by atoms with van der Waals surface area (Å²) in [6.07, 6.45) is 4.79. The van der Waals surface area contributed by atoms with Crippen molar-refractivity contribution in [2.45, 2.75) is 53.0 Å². The van der Waals surface area contributed by atoms with Gasteiger partial charge in [0.05, 0.1) is 12.2 Å². The zero-order valence-electron chi connectivity index (χ0n) is 12.7. The van der Waals surface area contributed by atoms with E-state index in [1.165, 1.54) is 11.3 Å². The van der Waals surface area contributed by atoms with Crippen LogP contribution < -0.4 is 5.32 Å². The maximum Gasteiger partial charge on any atom is 0.223 e. The Labute approximate surface area is 115 Å². The molecule has 0 saturated heterocycles. The van der Waals surface area contributed by atoms with Crippen molar-refractivity contribution in [2.24, 2.45) is 18.4 Å². The van der Waals surface area contributed by atoms with Crippen LogP contribution in [0.4, 0.5) is 0 Å². The number of amides is 1. The van der Waals surface area contributed by atoms with E-state index in [1.807, 2.05) is 31.8 Å². The van der Waals surface area contributed by atoms with Gasteiger partial charge in [-0.25, -0.2) is 0 Å². The molecule has 0 fully saturated rings. The number of carbonyl (C=O) groups is 1. The Morgan fingerprint density at radius 2 is 2.32 bits per heavy atom. The first kappa shape index (κ1) is 14.1. The molecule has 1 aliphatic carbocycles. The minimum absolute atomic E-state index is 0.0742. The molecule has 4 heteroatoms. The lowest BCUT2D eigenvalue weighted by atomic mass is 9.74. The molecule has 1 aromatic heterocycles. The van der Waals surface area contributed by atoms with Crippen LogP contribution in [0.1, 0.15) is 57.8 Å². The minimum Gasteiger partial charge on any atom is -0.349 e. The molecular weight excluding hydrogens is 238 g/mol. The van der Waals surface area contributed by atoms with E-state index >= 15 is 0 Å². The second-order valence-electron chi connectivity index (χ2n) is 6.59. The normalized spacial score (nSPS) is 22.7. The molecule has 1 aromatic rings. The number of nitrogens with one attached hydrogen (secondary N) is 1. The summed E-state index contributed by atoms with van der Waals surface area (Å²) in [7, 11) is 1.98. The molecule has 1 aliphatic rings. The second kappa shape index (κ2) is 4.99. The topological polar surface area (TPSA) is 46.9 Å². The smallest absolute Gasteiger partial charge is 0.223 e. The summed E-state index contributed by atoms with van der Waals surface area (Å²) in [5.41, 5.74) is 2.65. The molecule has 1 N–H and O–H groups in total. The maximum absolute atomic E-state index is 12.1. The summed E-state index contributed by atoms with van der Waals surface area (Å²) in [4.78, 5) is 12.1. The third kappa shape index (κ3) is 2.82. The predicted molar refractivity (Wildman–Crippen MR) is 75.6 cm³/mol. The Morgan fingerprint density at radius 3 is 2.95 bits per heavy atom. The number of hydrogen-bond donors (Lipinski definition) is 1. The quantitative estimate of drug-likeness (QED) is 0.911. The first-order valence-electron chi connectivity index (χ1n) is 7.15. The molecule has 0 unspecified atom stereocenters. The zero-order chi connectivity index (χ0) is 14.2. The van der Waals surface area contributed by atoms with Gasteiger partial charge in [-0.15, -0.1) is 0 Å². The minimum atomic E-state index is 0.0742. The Morgan fingerprint density at radius 1 is 1.63 bits per heavy atom. The molecule has 1 heterocycles. The van der Waals surface area contributed by atoms with Gasteiger partial charge in [0.15, 0.2) is 0 Å². The van der Waals surface area contributed by atoms with Crippen LogP contribution in [0.2, 0.25) is 0 Å². The van der Waals surface area contributed by atoms with Gasteiger partial charge in [-0.05, 0) is 24.7 Å². The average Bonchev–Trinajstić information content (AvgIpc) is 2.68. The molecule has 19 heavy (non-hydrogen) atoms. The van der Waals surface area contributed by atoms with Crippen LogP contribution in [-0.4, -0.2) is 15.7 Å². The molecular formula is C15H25N3O. The number of carbonyl (C=O) groups excluding carboxylic acids is 1. The Bertz CT molecular complexity index is 476. The summed E-state index contributed by atoms with van der Waals surface area (Å²) in [6.45, 7) is 8.54. The number of nitrogens with zero attached hydrogens (tertiary/aromatic N) is 2. The highest BCUT2D eigenvalue weighted by molar-refractivity contribution is 5.78. The van der Waals surface area contributed by atoms with Crippen molar-refractivity contribution in [3.63, 3.8) is 0 Å². The number of fused-ring (bicyclic) bond motifs is 1. The van der Waals surface area contributed by atoms with Crippen LogP contribution >= 0.6 is 0 Å². The van der Waals surface area contributed by atoms with E-state index in [2.05, 4.69) is 24.3 Å². The van der Waals surface area contributed by atoms with E-state index in [9.17, 15) is 4.79 Å². The molecule has 1 amide bonds. The third-order valence-corrected chi connectivity index (χ3v) is 4.25. The van der Waals surface area contributed by atoms with Gasteiger partial charge in [0.25, 0.3) is 0 Å². The van der Waals surface area contributed by atoms with Crippen molar-refractivity contribution in [2.75, 3.05) is 0 Å². The number of hydrogen-bond acceptors (Lipinski definition) is 2. The highest BCUT2D eigenvalue weighted by Gasteiger charge is 2.35. The molecule has 2 rings (SSSR count). The van der Waals surface area contributed by atoms with Crippen molar-refractivity contribution >= 4 is 5.91 Å². The number of aromatic nitrogens is 2. The van der Waals surface area contributed by atoms with Gasteiger partial charge in [-0.1, -0.05) is 27.7 Å². The van der Waals surface area contributed by atoms with Crippen molar-refractivity contribution in [3.8, 4) is 0 Å². The lowest BCUT2D eigenvalue weighted by molar-refractivity contribution is -0.125. The standard InChI is InChI=1S/C15H25N3O/c1-6-10(2)14(19)17-12-7-15(3,4)8-13-11(12)9-16-18(13)5/h9-10,12H,6-8H2,1-5H3,(H,17,19)/t10-,12-/m1/s1. The van der Waals surface area contributed by atoms with Crippen molar-refractivity contribution in [1.82, 2.24) is 15.1 Å². The lowest BCUT2D eigenvalue weighted by Crippen LogP contribution is -2.38. The molecule has 106 valence electrons. The Kier molecular flexibility index (Phi) is 3.70. The summed E-state index contributed by atoms with van der Waals surface area (Å²) >= 11 is 0. The molecule has 0 aromatic carbocycles. The van der Waals surface area contributed by atoms with Gasteiger partial charge in [0.2, 0.25) is 5.91 Å². The monoisotopic (exact) mass is 263 g/mol. The van der Waals surface area contributed by atoms with E-state index in [0.717, 1.165) is 19.3 Å². The molecule has 0 saturated carbocycles. The van der Waals surface area contributed by atoms with Crippen LogP contribution in [-0.2, 0) is 18.3 Å². The van der Waals surface area contributed by atoms with Gasteiger partial charge in [0, 0.05) is 24.2 Å². The fourth-order valence-electron chi connectivity index (χ4n) is 2.80. The first-order chi connectivity index (χ1) is 8.84. The van der Waals surface area contributed by atoms with Gasteiger partial charge < -0.3 is 5.32 Å². The van der Waals surface area contributed by atoms with E-state index in [1.54, 1.807) is 0 Å². The molecule has 0 spiro atoms. The van der Waals surface area contributed by atoms with Crippen LogP contribution in [0.15, 0.2) is 6.20 Å². The second-order valence-corrected chi connectivity index (χ2v) is 6.59. The Hall–Kier alpha value is -1.32. The highest BCUT2D eigenvalue weighted by atomic mass is 16.1. The van der Waals surface area contributed by atoms with Crippen molar-refractivity contribution < 1.29 is 4.79 Å². The highest BCUT2D eigenvalue weighted by Crippen LogP contribution is 2.40. The molecule has 0 bridgehead atoms. The van der Waals surface area contributed by atoms with E-state index < -0.39 is 0 Å². The van der Waals surface area contributed by atoms with Gasteiger partial charge in [-0.3, -0.25) is 9.48 Å². The SMILES string of the molecule is CC[C@@H](C)C(=O)N[C@@H]1CC(C)(C)Cc2c1cnn2C. The summed E-state index contributed by atoms with van der Waals surface area (Å²) in [6, 6.07) is 0.106. The van der Waals surface area contributed by atoms with E-state index in [4.69, 9.17) is 0 Å². The number of rotatable bonds is 3. The summed E-state index contributed by atoms with van der Waals surface area (Å²) in [5.74, 6) is 0.227. The molecule has 0 radical (unpaired) electrons. The number of aryl methyl sites for hydroxylation is 1. The van der Waals surface area contributed by atoms with Crippen LogP contribution in [0.3, 0.4) is 0 Å². The van der Waals surface area contributed by atoms with E-state index in [-0.39, 0.29) is 23.3 Å². The molecule has 4 nitrogen and oxygen atoms in total. The van der Waals surface area contributed by atoms with Crippen LogP contribution in [0, 0.1) is 11.3 Å². The van der Waals surface area contributed by atoms with Gasteiger partial charge >= 0.3 is 0 Å². The largest absolute Gasteiger partial charge is 0.349 e. The molecule has 2 atom stereocenters. The van der Waals surface area contributed by atoms with Gasteiger partial charge in [0.1, 0.15) is 0 Å². The zero-order valence-corrected chi connectivity index (χ0v) is 12.7. The van der Waals surface area contributed by atoms with Crippen LogP contribution in [0.5, 0.6) is 0 Å². The summed E-state index contributed by atoms with van der Waals surface area (Å²) in [5, 5.41) is 7.55. The van der Waals surface area contributed by atoms with Crippen molar-refractivity contribution in [3.05, 3.63) is 17.5 Å². The predicted octanol–water partition coefficient (Wildman–Crippen LogP) is 2.60. The Balaban J connectivity index is 2.23. The average molecular weight is 263 g/mol. The fourth-order valence-corrected chi connectivity index (χ4v) is 2.80. The summed E-state index contributed by atoms with van der Waals surface area (Å²) < 4.78 is 1.94. The lowest BCUT2D eigenvalue weighted by Gasteiger charge is -2.36. The molecule has 0 aliphatic heterocycles.